The molecule has 1 aromatic rings. The van der Waals surface area contributed by atoms with Crippen LogP contribution in [-0.4, -0.2) is 30.8 Å². The fraction of sp³-hybridized carbons (Fsp3) is 0.273. The van der Waals surface area contributed by atoms with Gasteiger partial charge in [-0.1, -0.05) is 30.3 Å². The molecule has 0 aromatic heterocycles. The van der Waals surface area contributed by atoms with E-state index in [1.165, 1.54) is 7.11 Å². The second-order valence-corrected chi connectivity index (χ2v) is 3.17. The molecule has 1 unspecified atom stereocenters. The fourth-order valence-electron chi connectivity index (χ4n) is 1.29. The molecule has 1 amide bonds. The minimum Gasteiger partial charge on any atom is -0.481 e. The summed E-state index contributed by atoms with van der Waals surface area (Å²) in [5.74, 6) is -1.75. The van der Waals surface area contributed by atoms with Crippen molar-refractivity contribution < 1.29 is 19.4 Å². The molecule has 1 rings (SSSR count). The summed E-state index contributed by atoms with van der Waals surface area (Å²) in [6, 6.07) is 8.72. The molecular formula is C11H13NO4. The van der Waals surface area contributed by atoms with Gasteiger partial charge in [-0.25, -0.2) is 4.79 Å². The van der Waals surface area contributed by atoms with E-state index in [9.17, 15) is 9.59 Å². The second-order valence-electron chi connectivity index (χ2n) is 3.17. The number of alkyl carbamates (subject to hydrolysis) is 1. The van der Waals surface area contributed by atoms with Crippen molar-refractivity contribution in [2.75, 3.05) is 13.7 Å². The van der Waals surface area contributed by atoms with Crippen LogP contribution in [0.1, 0.15) is 11.5 Å². The molecule has 16 heavy (non-hydrogen) atoms. The quantitative estimate of drug-likeness (QED) is 0.804. The predicted octanol–water partition coefficient (Wildman–Crippen LogP) is 1.21. The van der Waals surface area contributed by atoms with Crippen LogP contribution in [0.5, 0.6) is 0 Å². The standard InChI is InChI=1S/C11H13NO4/c1-16-11(15)12-7-9(10(13)14)8-5-3-2-4-6-8/h2-6,9H,7H2,1H3,(H,12,15)(H,13,14). The number of hydrogen-bond acceptors (Lipinski definition) is 3. The summed E-state index contributed by atoms with van der Waals surface area (Å²) < 4.78 is 4.37. The molecule has 0 bridgehead atoms. The van der Waals surface area contributed by atoms with Crippen molar-refractivity contribution in [2.24, 2.45) is 0 Å². The van der Waals surface area contributed by atoms with Gasteiger partial charge in [-0.3, -0.25) is 4.79 Å². The molecule has 0 radical (unpaired) electrons. The number of hydrogen-bond donors (Lipinski definition) is 2. The number of ether oxygens (including phenoxy) is 1. The highest BCUT2D eigenvalue weighted by atomic mass is 16.5. The third-order valence-electron chi connectivity index (χ3n) is 2.14. The van der Waals surface area contributed by atoms with Gasteiger partial charge in [0.2, 0.25) is 0 Å². The van der Waals surface area contributed by atoms with Gasteiger partial charge < -0.3 is 15.2 Å². The van der Waals surface area contributed by atoms with Crippen molar-refractivity contribution in [3.8, 4) is 0 Å². The van der Waals surface area contributed by atoms with Crippen LogP contribution in [0.25, 0.3) is 0 Å². The first kappa shape index (κ1) is 12.0. The number of aliphatic carboxylic acids is 1. The lowest BCUT2D eigenvalue weighted by molar-refractivity contribution is -0.138. The second kappa shape index (κ2) is 5.75. The average molecular weight is 223 g/mol. The Morgan fingerprint density at radius 1 is 1.38 bits per heavy atom. The first-order chi connectivity index (χ1) is 7.65. The number of rotatable bonds is 4. The van der Waals surface area contributed by atoms with Crippen LogP contribution in [-0.2, 0) is 9.53 Å². The van der Waals surface area contributed by atoms with E-state index >= 15 is 0 Å². The molecule has 0 aliphatic rings. The van der Waals surface area contributed by atoms with Gasteiger partial charge in [0.25, 0.3) is 0 Å². The minimum atomic E-state index is -0.984. The highest BCUT2D eigenvalue weighted by Crippen LogP contribution is 2.14. The summed E-state index contributed by atoms with van der Waals surface area (Å²) in [5, 5.41) is 11.4. The Morgan fingerprint density at radius 2 is 2.00 bits per heavy atom. The van der Waals surface area contributed by atoms with Crippen molar-refractivity contribution in [3.05, 3.63) is 35.9 Å². The molecule has 0 spiro atoms. The van der Waals surface area contributed by atoms with Crippen molar-refractivity contribution in [3.63, 3.8) is 0 Å². The summed E-state index contributed by atoms with van der Waals surface area (Å²) in [6.07, 6.45) is -0.637. The molecule has 0 saturated carbocycles. The number of carboxylic acids is 1. The van der Waals surface area contributed by atoms with E-state index in [1.54, 1.807) is 30.3 Å². The van der Waals surface area contributed by atoms with Gasteiger partial charge >= 0.3 is 12.1 Å². The Bertz CT molecular complexity index is 364. The highest BCUT2D eigenvalue weighted by molar-refractivity contribution is 5.77. The topological polar surface area (TPSA) is 75.6 Å². The molecule has 1 aromatic carbocycles. The SMILES string of the molecule is COC(=O)NCC(C(=O)O)c1ccccc1. The van der Waals surface area contributed by atoms with E-state index in [1.807, 2.05) is 0 Å². The van der Waals surface area contributed by atoms with Crippen LogP contribution in [0.4, 0.5) is 4.79 Å². The zero-order valence-electron chi connectivity index (χ0n) is 8.84. The molecule has 2 N–H and O–H groups in total. The van der Waals surface area contributed by atoms with Gasteiger partial charge in [-0.05, 0) is 5.56 Å². The minimum absolute atomic E-state index is 0.00597. The maximum atomic E-state index is 11.0. The highest BCUT2D eigenvalue weighted by Gasteiger charge is 2.20. The van der Waals surface area contributed by atoms with Gasteiger partial charge in [-0.15, -0.1) is 0 Å². The first-order valence-electron chi connectivity index (χ1n) is 4.74. The zero-order chi connectivity index (χ0) is 12.0. The van der Waals surface area contributed by atoms with Gasteiger partial charge in [0, 0.05) is 6.54 Å². The molecule has 0 aliphatic carbocycles. The molecule has 5 heteroatoms. The predicted molar refractivity (Wildman–Crippen MR) is 57.2 cm³/mol. The van der Waals surface area contributed by atoms with Crippen LogP contribution in [0.15, 0.2) is 30.3 Å². The Balaban J connectivity index is 2.69. The third-order valence-corrected chi connectivity index (χ3v) is 2.14. The number of methoxy groups -OCH3 is 1. The molecule has 0 aliphatic heterocycles. The molecule has 5 nitrogen and oxygen atoms in total. The summed E-state index contributed by atoms with van der Waals surface area (Å²) in [7, 11) is 1.23. The number of carbonyl (C=O) groups excluding carboxylic acids is 1. The normalized spacial score (nSPS) is 11.6. The van der Waals surface area contributed by atoms with E-state index in [0.717, 1.165) is 0 Å². The van der Waals surface area contributed by atoms with Crippen molar-refractivity contribution in [2.45, 2.75) is 5.92 Å². The summed E-state index contributed by atoms with van der Waals surface area (Å²) in [5.41, 5.74) is 0.645. The molecule has 0 saturated heterocycles. The Kier molecular flexibility index (Phi) is 4.32. The lowest BCUT2D eigenvalue weighted by Gasteiger charge is -2.12. The zero-order valence-corrected chi connectivity index (χ0v) is 8.84. The molecule has 0 heterocycles. The van der Waals surface area contributed by atoms with Crippen LogP contribution in [0.2, 0.25) is 0 Å². The molecule has 0 fully saturated rings. The maximum Gasteiger partial charge on any atom is 0.406 e. The number of carbonyl (C=O) groups is 2. The molecular weight excluding hydrogens is 210 g/mol. The molecule has 1 atom stereocenters. The fourth-order valence-corrected chi connectivity index (χ4v) is 1.29. The van der Waals surface area contributed by atoms with Crippen molar-refractivity contribution in [1.29, 1.82) is 0 Å². The summed E-state index contributed by atoms with van der Waals surface area (Å²) >= 11 is 0. The Hall–Kier alpha value is -2.04. The number of carboxylic acid groups (broad SMARTS) is 1. The van der Waals surface area contributed by atoms with Crippen molar-refractivity contribution >= 4 is 12.1 Å². The number of amides is 1. The lowest BCUT2D eigenvalue weighted by Crippen LogP contribution is -2.31. The van der Waals surface area contributed by atoms with Crippen LogP contribution in [0.3, 0.4) is 0 Å². The number of benzene rings is 1. The Labute approximate surface area is 93.0 Å². The average Bonchev–Trinajstić information content (AvgIpc) is 2.30. The van der Waals surface area contributed by atoms with Gasteiger partial charge in [0.05, 0.1) is 13.0 Å². The van der Waals surface area contributed by atoms with E-state index in [-0.39, 0.29) is 6.54 Å². The van der Waals surface area contributed by atoms with Gasteiger partial charge in [0.15, 0.2) is 0 Å². The van der Waals surface area contributed by atoms with E-state index in [4.69, 9.17) is 5.11 Å². The van der Waals surface area contributed by atoms with Crippen molar-refractivity contribution in [1.82, 2.24) is 5.32 Å². The lowest BCUT2D eigenvalue weighted by atomic mass is 9.99. The largest absolute Gasteiger partial charge is 0.481 e. The van der Waals surface area contributed by atoms with E-state index in [0.29, 0.717) is 5.56 Å². The maximum absolute atomic E-state index is 11.0. The number of nitrogens with one attached hydrogen (secondary N) is 1. The van der Waals surface area contributed by atoms with Crippen LogP contribution < -0.4 is 5.32 Å². The van der Waals surface area contributed by atoms with Gasteiger partial charge in [0.1, 0.15) is 0 Å². The van der Waals surface area contributed by atoms with Crippen LogP contribution >= 0.6 is 0 Å². The van der Waals surface area contributed by atoms with Gasteiger partial charge in [-0.2, -0.15) is 0 Å². The first-order valence-corrected chi connectivity index (χ1v) is 4.74. The van der Waals surface area contributed by atoms with E-state index in [2.05, 4.69) is 10.1 Å². The van der Waals surface area contributed by atoms with Crippen LogP contribution in [0, 0.1) is 0 Å². The Morgan fingerprint density at radius 3 is 2.50 bits per heavy atom. The van der Waals surface area contributed by atoms with E-state index < -0.39 is 18.0 Å². The monoisotopic (exact) mass is 223 g/mol. The summed E-state index contributed by atoms with van der Waals surface area (Å²) in [6.45, 7) is 0.00597. The third kappa shape index (κ3) is 3.27. The smallest absolute Gasteiger partial charge is 0.406 e. The molecule has 86 valence electrons. The summed E-state index contributed by atoms with van der Waals surface area (Å²) in [4.78, 5) is 21.9.